The number of likely N-dealkylation sites (tertiary alicyclic amines) is 1. The van der Waals surface area contributed by atoms with Gasteiger partial charge < -0.3 is 10.1 Å². The Kier molecular flexibility index (Phi) is 6.04. The third kappa shape index (κ3) is 5.42. The minimum Gasteiger partial charge on any atom is -0.492 e. The minimum absolute atomic E-state index is 0.290. The molecular formula is C16H18F3N3O2. The van der Waals surface area contributed by atoms with Crippen molar-refractivity contribution in [1.82, 2.24) is 10.2 Å². The van der Waals surface area contributed by atoms with Crippen molar-refractivity contribution in [3.05, 3.63) is 29.8 Å². The quantitative estimate of drug-likeness (QED) is 0.860. The number of alkyl halides is 3. The van der Waals surface area contributed by atoms with Gasteiger partial charge in [-0.1, -0.05) is 6.07 Å². The summed E-state index contributed by atoms with van der Waals surface area (Å²) in [6.45, 7) is 0.0537. The van der Waals surface area contributed by atoms with Gasteiger partial charge in [-0.25, -0.2) is 0 Å². The van der Waals surface area contributed by atoms with Crippen molar-refractivity contribution in [1.29, 1.82) is 5.26 Å². The first-order valence-corrected chi connectivity index (χ1v) is 7.60. The average Bonchev–Trinajstić information content (AvgIpc) is 3.01. The van der Waals surface area contributed by atoms with Gasteiger partial charge in [0.25, 0.3) is 0 Å². The fourth-order valence-corrected chi connectivity index (χ4v) is 2.63. The second-order valence-corrected chi connectivity index (χ2v) is 5.52. The Labute approximate surface area is 138 Å². The summed E-state index contributed by atoms with van der Waals surface area (Å²) in [5.41, 5.74) is 0.484. The molecule has 130 valence electrons. The Bertz CT molecular complexity index is 613. The predicted molar refractivity (Wildman–Crippen MR) is 80.3 cm³/mol. The molecule has 5 nitrogen and oxygen atoms in total. The summed E-state index contributed by atoms with van der Waals surface area (Å²) >= 11 is 0. The van der Waals surface area contributed by atoms with Crippen LogP contribution in [0.25, 0.3) is 0 Å². The van der Waals surface area contributed by atoms with Crippen molar-refractivity contribution in [3.63, 3.8) is 0 Å². The van der Waals surface area contributed by atoms with Crippen LogP contribution < -0.4 is 10.1 Å². The molecule has 1 N–H and O–H groups in total. The highest BCUT2D eigenvalue weighted by Gasteiger charge is 2.33. The molecule has 0 aliphatic carbocycles. The van der Waals surface area contributed by atoms with E-state index in [9.17, 15) is 18.0 Å². The molecule has 0 aromatic heterocycles. The van der Waals surface area contributed by atoms with Crippen molar-refractivity contribution in [2.45, 2.75) is 25.1 Å². The zero-order valence-electron chi connectivity index (χ0n) is 13.0. The number of amides is 1. The van der Waals surface area contributed by atoms with Crippen LogP contribution in [0.3, 0.4) is 0 Å². The van der Waals surface area contributed by atoms with E-state index in [2.05, 4.69) is 0 Å². The lowest BCUT2D eigenvalue weighted by Gasteiger charge is -2.23. The van der Waals surface area contributed by atoms with Crippen molar-refractivity contribution < 1.29 is 22.7 Å². The van der Waals surface area contributed by atoms with Gasteiger partial charge in [0, 0.05) is 6.54 Å². The molecule has 1 saturated heterocycles. The van der Waals surface area contributed by atoms with Gasteiger partial charge >= 0.3 is 6.18 Å². The van der Waals surface area contributed by atoms with Crippen molar-refractivity contribution >= 4 is 5.91 Å². The molecule has 0 spiro atoms. The van der Waals surface area contributed by atoms with E-state index < -0.39 is 24.7 Å². The van der Waals surface area contributed by atoms with Gasteiger partial charge in [-0.3, -0.25) is 9.69 Å². The van der Waals surface area contributed by atoms with Crippen LogP contribution in [0.15, 0.2) is 24.3 Å². The lowest BCUT2D eigenvalue weighted by Crippen LogP contribution is -2.46. The van der Waals surface area contributed by atoms with E-state index in [4.69, 9.17) is 10.00 Å². The molecule has 1 aromatic rings. The summed E-state index contributed by atoms with van der Waals surface area (Å²) in [6.07, 6.45) is -3.12. The Balaban J connectivity index is 1.81. The van der Waals surface area contributed by atoms with E-state index >= 15 is 0 Å². The molecule has 0 saturated carbocycles. The number of rotatable bonds is 6. The van der Waals surface area contributed by atoms with Gasteiger partial charge in [-0.05, 0) is 37.6 Å². The molecular weight excluding hydrogens is 323 g/mol. The molecule has 8 heteroatoms. The topological polar surface area (TPSA) is 65.4 Å². The van der Waals surface area contributed by atoms with Crippen LogP contribution in [0, 0.1) is 11.3 Å². The first kappa shape index (κ1) is 18.1. The highest BCUT2D eigenvalue weighted by molar-refractivity contribution is 5.82. The van der Waals surface area contributed by atoms with Crippen molar-refractivity contribution in [2.24, 2.45) is 0 Å². The predicted octanol–water partition coefficient (Wildman–Crippen LogP) is 2.08. The lowest BCUT2D eigenvalue weighted by molar-refractivity contribution is -0.141. The third-order valence-corrected chi connectivity index (χ3v) is 3.74. The van der Waals surface area contributed by atoms with Crippen LogP contribution >= 0.6 is 0 Å². The number of nitrogens with zero attached hydrogens (tertiary/aromatic N) is 2. The van der Waals surface area contributed by atoms with Gasteiger partial charge in [-0.15, -0.1) is 0 Å². The van der Waals surface area contributed by atoms with Gasteiger partial charge in [0.05, 0.1) is 17.7 Å². The number of ether oxygens (including phenoxy) is 1. The molecule has 1 aromatic carbocycles. The van der Waals surface area contributed by atoms with Crippen LogP contribution in [0.2, 0.25) is 0 Å². The van der Waals surface area contributed by atoms with Crippen molar-refractivity contribution in [3.8, 4) is 11.8 Å². The maximum absolute atomic E-state index is 12.2. The van der Waals surface area contributed by atoms with E-state index in [1.54, 1.807) is 24.3 Å². The fourth-order valence-electron chi connectivity index (χ4n) is 2.63. The fraction of sp³-hybridized carbons (Fsp3) is 0.500. The number of hydrogen-bond acceptors (Lipinski definition) is 4. The van der Waals surface area contributed by atoms with Crippen LogP contribution in [0.4, 0.5) is 13.2 Å². The van der Waals surface area contributed by atoms with E-state index in [0.29, 0.717) is 30.8 Å². The van der Waals surface area contributed by atoms with Crippen LogP contribution in [0.1, 0.15) is 18.4 Å². The normalized spacial score (nSPS) is 18.2. The van der Waals surface area contributed by atoms with E-state index in [0.717, 1.165) is 6.42 Å². The number of carbonyl (C=O) groups excluding carboxylic acids is 1. The van der Waals surface area contributed by atoms with Gasteiger partial charge in [0.15, 0.2) is 0 Å². The number of nitrogens with one attached hydrogen (secondary N) is 1. The molecule has 1 amide bonds. The van der Waals surface area contributed by atoms with Gasteiger partial charge in [0.2, 0.25) is 5.91 Å². The zero-order chi connectivity index (χ0) is 17.6. The minimum atomic E-state index is -4.41. The number of hydrogen-bond donors (Lipinski definition) is 1. The largest absolute Gasteiger partial charge is 0.492 e. The number of benzene rings is 1. The molecule has 1 fully saturated rings. The summed E-state index contributed by atoms with van der Waals surface area (Å²) in [7, 11) is 0. The van der Waals surface area contributed by atoms with Crippen LogP contribution in [0.5, 0.6) is 5.75 Å². The number of nitriles is 1. The second-order valence-electron chi connectivity index (χ2n) is 5.52. The highest BCUT2D eigenvalue weighted by Crippen LogP contribution is 2.19. The van der Waals surface area contributed by atoms with Crippen molar-refractivity contribution in [2.75, 3.05) is 26.2 Å². The Morgan fingerprint density at radius 2 is 2.25 bits per heavy atom. The Morgan fingerprint density at radius 3 is 2.96 bits per heavy atom. The first-order chi connectivity index (χ1) is 11.4. The molecule has 0 radical (unpaired) electrons. The smallest absolute Gasteiger partial charge is 0.405 e. The molecule has 1 aliphatic heterocycles. The second kappa shape index (κ2) is 8.02. The highest BCUT2D eigenvalue weighted by atomic mass is 19.4. The SMILES string of the molecule is N#Cc1cccc(OCCN2CCCC2C(=O)NCC(F)(F)F)c1. The maximum Gasteiger partial charge on any atom is 0.405 e. The summed E-state index contributed by atoms with van der Waals surface area (Å²) in [6, 6.07) is 8.15. The molecule has 1 atom stereocenters. The molecule has 24 heavy (non-hydrogen) atoms. The molecule has 0 bridgehead atoms. The maximum atomic E-state index is 12.2. The van der Waals surface area contributed by atoms with Crippen LogP contribution in [-0.2, 0) is 4.79 Å². The van der Waals surface area contributed by atoms with Gasteiger partial charge in [0.1, 0.15) is 18.9 Å². The Hall–Kier alpha value is -2.27. The monoisotopic (exact) mass is 341 g/mol. The standard InChI is InChI=1S/C16H18F3N3O2/c17-16(18,19)11-21-15(23)14-5-2-6-22(14)7-8-24-13-4-1-3-12(9-13)10-20/h1,3-4,9,14H,2,5-8,11H2,(H,21,23). The number of carbonyl (C=O) groups is 1. The van der Waals surface area contributed by atoms with E-state index in [1.165, 1.54) is 0 Å². The summed E-state index contributed by atoms with van der Waals surface area (Å²) in [4.78, 5) is 13.7. The molecule has 1 unspecified atom stereocenters. The van der Waals surface area contributed by atoms with Gasteiger partial charge in [-0.2, -0.15) is 18.4 Å². The molecule has 1 heterocycles. The average molecular weight is 341 g/mol. The van der Waals surface area contributed by atoms with E-state index in [1.807, 2.05) is 16.3 Å². The van der Waals surface area contributed by atoms with Crippen LogP contribution in [-0.4, -0.2) is 49.3 Å². The number of halogens is 3. The third-order valence-electron chi connectivity index (χ3n) is 3.74. The summed E-state index contributed by atoms with van der Waals surface area (Å²) < 4.78 is 42.1. The van der Waals surface area contributed by atoms with E-state index in [-0.39, 0.29) is 6.61 Å². The first-order valence-electron chi connectivity index (χ1n) is 7.60. The Morgan fingerprint density at radius 1 is 1.46 bits per heavy atom. The lowest BCUT2D eigenvalue weighted by atomic mass is 10.2. The molecule has 1 aliphatic rings. The summed E-state index contributed by atoms with van der Waals surface area (Å²) in [5, 5.41) is 10.8. The molecule has 2 rings (SSSR count). The summed E-state index contributed by atoms with van der Waals surface area (Å²) in [5.74, 6) is -0.0531. The zero-order valence-corrected chi connectivity index (χ0v) is 13.0.